The Morgan fingerprint density at radius 3 is 2.48 bits per heavy atom. The molecule has 1 saturated heterocycles. The van der Waals surface area contributed by atoms with Crippen LogP contribution >= 0.6 is 0 Å². The summed E-state index contributed by atoms with van der Waals surface area (Å²) in [5, 5.41) is 6.93. The van der Waals surface area contributed by atoms with E-state index in [0.717, 1.165) is 10.2 Å². The van der Waals surface area contributed by atoms with E-state index in [-0.39, 0.29) is 30.1 Å². The molecule has 1 N–H and O–H groups in total. The molecule has 1 fully saturated rings. The van der Waals surface area contributed by atoms with E-state index in [1.165, 1.54) is 12.1 Å². The number of piperazine rings is 1. The van der Waals surface area contributed by atoms with Crippen LogP contribution in [0.3, 0.4) is 0 Å². The first kappa shape index (κ1) is 22.1. The Morgan fingerprint density at radius 2 is 1.76 bits per heavy atom. The lowest BCUT2D eigenvalue weighted by atomic mass is 10.2. The third kappa shape index (κ3) is 5.59. The van der Waals surface area contributed by atoms with Gasteiger partial charge in [-0.3, -0.25) is 14.4 Å². The van der Waals surface area contributed by atoms with E-state index in [1.807, 2.05) is 30.0 Å². The summed E-state index contributed by atoms with van der Waals surface area (Å²) in [7, 11) is 0. The second-order valence-electron chi connectivity index (χ2n) is 7.77. The van der Waals surface area contributed by atoms with E-state index in [1.54, 1.807) is 29.4 Å². The normalized spacial score (nSPS) is 13.6. The van der Waals surface area contributed by atoms with Crippen LogP contribution < -0.4 is 15.8 Å². The standard InChI is InChI=1S/C23H25N7O3/c1-17-4-2-5-18(16-17)26-22(33)19-6-7-21(32)30(27-19)11-8-20(31)28-12-14-29(15-13-28)23-24-9-3-10-25-23/h2-7,9-10,16H,8,11-15H2,1H3,(H,26,33). The molecule has 0 spiro atoms. The maximum atomic E-state index is 12.7. The number of aromatic nitrogens is 4. The minimum atomic E-state index is -0.417. The van der Waals surface area contributed by atoms with Gasteiger partial charge in [-0.2, -0.15) is 5.10 Å². The molecule has 33 heavy (non-hydrogen) atoms. The zero-order chi connectivity index (χ0) is 23.2. The Morgan fingerprint density at radius 1 is 1.00 bits per heavy atom. The fourth-order valence-corrected chi connectivity index (χ4v) is 3.62. The van der Waals surface area contributed by atoms with Gasteiger partial charge in [-0.1, -0.05) is 12.1 Å². The molecule has 4 rings (SSSR count). The number of hydrogen-bond acceptors (Lipinski definition) is 7. The highest BCUT2D eigenvalue weighted by Gasteiger charge is 2.22. The molecule has 1 aliphatic rings. The number of amides is 2. The van der Waals surface area contributed by atoms with Crippen LogP contribution in [-0.2, 0) is 11.3 Å². The van der Waals surface area contributed by atoms with Crippen LogP contribution in [0.1, 0.15) is 22.5 Å². The van der Waals surface area contributed by atoms with Gasteiger partial charge in [0.05, 0.1) is 6.54 Å². The largest absolute Gasteiger partial charge is 0.339 e. The number of hydrogen-bond donors (Lipinski definition) is 1. The molecule has 0 aliphatic carbocycles. The summed E-state index contributed by atoms with van der Waals surface area (Å²) in [4.78, 5) is 49.7. The lowest BCUT2D eigenvalue weighted by Crippen LogP contribution is -2.49. The monoisotopic (exact) mass is 447 g/mol. The lowest BCUT2D eigenvalue weighted by Gasteiger charge is -2.34. The average molecular weight is 447 g/mol. The van der Waals surface area contributed by atoms with Gasteiger partial charge in [0.25, 0.3) is 11.5 Å². The molecule has 2 amide bonds. The molecule has 1 aromatic carbocycles. The molecule has 10 nitrogen and oxygen atoms in total. The molecule has 0 atom stereocenters. The maximum absolute atomic E-state index is 12.7. The quantitative estimate of drug-likeness (QED) is 0.606. The molecule has 0 saturated carbocycles. The fourth-order valence-electron chi connectivity index (χ4n) is 3.62. The topological polar surface area (TPSA) is 113 Å². The first-order chi connectivity index (χ1) is 16.0. The maximum Gasteiger partial charge on any atom is 0.276 e. The SMILES string of the molecule is Cc1cccc(NC(=O)c2ccc(=O)n(CCC(=O)N3CCN(c4ncccn4)CC3)n2)c1. The zero-order valence-corrected chi connectivity index (χ0v) is 18.3. The van der Waals surface area contributed by atoms with E-state index in [0.29, 0.717) is 37.8 Å². The Bertz CT molecular complexity index is 1190. The van der Waals surface area contributed by atoms with Crippen LogP contribution in [0.5, 0.6) is 0 Å². The summed E-state index contributed by atoms with van der Waals surface area (Å²) in [6.07, 6.45) is 3.51. The highest BCUT2D eigenvalue weighted by molar-refractivity contribution is 6.02. The number of rotatable bonds is 6. The van der Waals surface area contributed by atoms with Crippen LogP contribution in [0.4, 0.5) is 11.6 Å². The van der Waals surface area contributed by atoms with E-state index >= 15 is 0 Å². The van der Waals surface area contributed by atoms with Gasteiger partial charge in [-0.05, 0) is 36.8 Å². The van der Waals surface area contributed by atoms with Gasteiger partial charge < -0.3 is 15.1 Å². The number of aryl methyl sites for hydroxylation is 2. The van der Waals surface area contributed by atoms with Crippen molar-refractivity contribution in [2.45, 2.75) is 19.9 Å². The first-order valence-electron chi connectivity index (χ1n) is 10.8. The van der Waals surface area contributed by atoms with Crippen LogP contribution in [0.2, 0.25) is 0 Å². The molecule has 2 aromatic heterocycles. The molecule has 0 radical (unpaired) electrons. The van der Waals surface area contributed by atoms with E-state index in [9.17, 15) is 14.4 Å². The Balaban J connectivity index is 1.33. The van der Waals surface area contributed by atoms with Crippen molar-refractivity contribution in [2.24, 2.45) is 0 Å². The molecule has 3 aromatic rings. The van der Waals surface area contributed by atoms with Gasteiger partial charge >= 0.3 is 0 Å². The Kier molecular flexibility index (Phi) is 6.72. The molecule has 170 valence electrons. The van der Waals surface area contributed by atoms with Gasteiger partial charge in [-0.25, -0.2) is 14.6 Å². The zero-order valence-electron chi connectivity index (χ0n) is 18.3. The highest BCUT2D eigenvalue weighted by Crippen LogP contribution is 2.12. The number of benzene rings is 1. The van der Waals surface area contributed by atoms with Crippen molar-refractivity contribution in [3.8, 4) is 0 Å². The summed E-state index contributed by atoms with van der Waals surface area (Å²) < 4.78 is 1.16. The van der Waals surface area contributed by atoms with Gasteiger partial charge in [0.1, 0.15) is 5.69 Å². The predicted octanol–water partition coefficient (Wildman–Crippen LogP) is 1.33. The van der Waals surface area contributed by atoms with Gasteiger partial charge in [0.15, 0.2) is 0 Å². The summed E-state index contributed by atoms with van der Waals surface area (Å²) in [6, 6.07) is 11.8. The number of anilines is 2. The second kappa shape index (κ2) is 10.0. The first-order valence-corrected chi connectivity index (χ1v) is 10.8. The average Bonchev–Trinajstić information content (AvgIpc) is 2.84. The smallest absolute Gasteiger partial charge is 0.276 e. The second-order valence-corrected chi connectivity index (χ2v) is 7.77. The predicted molar refractivity (Wildman–Crippen MR) is 123 cm³/mol. The number of carbonyl (C=O) groups excluding carboxylic acids is 2. The molecule has 0 unspecified atom stereocenters. The summed E-state index contributed by atoms with van der Waals surface area (Å²) in [5.41, 5.74) is 1.41. The number of nitrogens with one attached hydrogen (secondary N) is 1. The van der Waals surface area contributed by atoms with Crippen molar-refractivity contribution >= 4 is 23.5 Å². The highest BCUT2D eigenvalue weighted by atomic mass is 16.2. The van der Waals surface area contributed by atoms with Crippen LogP contribution in [0, 0.1) is 6.92 Å². The fraction of sp³-hybridized carbons (Fsp3) is 0.304. The summed E-state index contributed by atoms with van der Waals surface area (Å²) in [5.74, 6) is 0.174. The van der Waals surface area contributed by atoms with E-state index < -0.39 is 5.91 Å². The van der Waals surface area contributed by atoms with Crippen molar-refractivity contribution in [3.05, 3.63) is 76.5 Å². The Hall–Kier alpha value is -4.08. The van der Waals surface area contributed by atoms with Crippen molar-refractivity contribution < 1.29 is 9.59 Å². The number of nitrogens with zero attached hydrogens (tertiary/aromatic N) is 6. The molecule has 3 heterocycles. The lowest BCUT2D eigenvalue weighted by molar-refractivity contribution is -0.131. The summed E-state index contributed by atoms with van der Waals surface area (Å²) in [6.45, 7) is 4.42. The number of carbonyl (C=O) groups is 2. The summed E-state index contributed by atoms with van der Waals surface area (Å²) >= 11 is 0. The Labute approximate surface area is 190 Å². The van der Waals surface area contributed by atoms with Crippen LogP contribution in [-0.4, -0.2) is 62.6 Å². The van der Waals surface area contributed by atoms with E-state index in [4.69, 9.17) is 0 Å². The van der Waals surface area contributed by atoms with Gasteiger partial charge in [0, 0.05) is 56.7 Å². The molecule has 1 aliphatic heterocycles. The van der Waals surface area contributed by atoms with Gasteiger partial charge in [0.2, 0.25) is 11.9 Å². The molecular formula is C23H25N7O3. The molecule has 10 heteroatoms. The minimum Gasteiger partial charge on any atom is -0.339 e. The van der Waals surface area contributed by atoms with Crippen molar-refractivity contribution in [3.63, 3.8) is 0 Å². The third-order valence-electron chi connectivity index (χ3n) is 5.38. The van der Waals surface area contributed by atoms with Crippen molar-refractivity contribution in [1.29, 1.82) is 0 Å². The van der Waals surface area contributed by atoms with E-state index in [2.05, 4.69) is 20.4 Å². The van der Waals surface area contributed by atoms with Crippen molar-refractivity contribution in [2.75, 3.05) is 36.4 Å². The van der Waals surface area contributed by atoms with Crippen LogP contribution in [0.25, 0.3) is 0 Å². The minimum absolute atomic E-state index is 0.0630. The van der Waals surface area contributed by atoms with Crippen molar-refractivity contribution in [1.82, 2.24) is 24.6 Å². The van der Waals surface area contributed by atoms with Gasteiger partial charge in [-0.15, -0.1) is 0 Å². The van der Waals surface area contributed by atoms with Crippen LogP contribution in [0.15, 0.2) is 59.7 Å². The third-order valence-corrected chi connectivity index (χ3v) is 5.38. The molecule has 0 bridgehead atoms. The molecular weight excluding hydrogens is 422 g/mol.